The molecule has 7 nitrogen and oxygen atoms in total. The van der Waals surface area contributed by atoms with Gasteiger partial charge in [-0.2, -0.15) is 0 Å². The second-order valence-electron chi connectivity index (χ2n) is 13.0. The average Bonchev–Trinajstić information content (AvgIpc) is 3.00. The molecule has 4 N–H and O–H groups in total. The highest BCUT2D eigenvalue weighted by atomic mass is 16.2. The number of unbranched alkanes of at least 4 members (excludes halogenated alkanes) is 24. The Morgan fingerprint density at radius 2 is 0.682 bits per heavy atom. The van der Waals surface area contributed by atoms with Crippen LogP contribution in [-0.4, -0.2) is 29.7 Å². The van der Waals surface area contributed by atoms with Crippen molar-refractivity contribution in [3.05, 3.63) is 0 Å². The SMILES string of the molecule is CCCCCCCCCCCCCCCC(=O)NC(=O)CCC(N)C(=O)NC(=O)CCCCCCCCCCCCCCC. The number of amides is 4. The summed E-state index contributed by atoms with van der Waals surface area (Å²) >= 11 is 0. The highest BCUT2D eigenvalue weighted by molar-refractivity contribution is 5.98. The Morgan fingerprint density at radius 3 is 1.02 bits per heavy atom. The Bertz CT molecular complexity index is 713. The molecule has 0 heterocycles. The van der Waals surface area contributed by atoms with Gasteiger partial charge in [-0.15, -0.1) is 0 Å². The van der Waals surface area contributed by atoms with Gasteiger partial charge in [-0.05, 0) is 19.3 Å². The molecule has 0 aromatic carbocycles. The molecule has 0 rings (SSSR count). The molecule has 0 aliphatic rings. The van der Waals surface area contributed by atoms with Crippen LogP contribution in [-0.2, 0) is 19.2 Å². The normalized spacial score (nSPS) is 11.8. The summed E-state index contributed by atoms with van der Waals surface area (Å²) in [6.07, 6.45) is 32.9. The lowest BCUT2D eigenvalue weighted by Gasteiger charge is -2.11. The highest BCUT2D eigenvalue weighted by Gasteiger charge is 2.18. The van der Waals surface area contributed by atoms with E-state index in [-0.39, 0.29) is 24.7 Å². The van der Waals surface area contributed by atoms with Gasteiger partial charge in [0, 0.05) is 19.3 Å². The fourth-order valence-electron chi connectivity index (χ4n) is 5.60. The summed E-state index contributed by atoms with van der Waals surface area (Å²) in [5.41, 5.74) is 5.88. The number of rotatable bonds is 32. The molecule has 0 aliphatic carbocycles. The lowest BCUT2D eigenvalue weighted by atomic mass is 10.0. The van der Waals surface area contributed by atoms with E-state index in [1.807, 2.05) is 0 Å². The Kier molecular flexibility index (Phi) is 31.3. The van der Waals surface area contributed by atoms with Crippen LogP contribution in [0, 0.1) is 0 Å². The summed E-state index contributed by atoms with van der Waals surface area (Å²) in [6, 6.07) is -0.951. The van der Waals surface area contributed by atoms with E-state index < -0.39 is 17.9 Å². The first-order chi connectivity index (χ1) is 21.4. The van der Waals surface area contributed by atoms with Crippen molar-refractivity contribution in [1.82, 2.24) is 10.6 Å². The van der Waals surface area contributed by atoms with Crippen molar-refractivity contribution in [3.8, 4) is 0 Å². The van der Waals surface area contributed by atoms with Crippen LogP contribution in [0.4, 0.5) is 0 Å². The second kappa shape index (κ2) is 32.6. The number of hydrogen-bond acceptors (Lipinski definition) is 5. The van der Waals surface area contributed by atoms with Gasteiger partial charge >= 0.3 is 0 Å². The van der Waals surface area contributed by atoms with Crippen molar-refractivity contribution < 1.29 is 19.2 Å². The molecule has 0 aliphatic heterocycles. The number of carbonyl (C=O) groups excluding carboxylic acids is 4. The maximum atomic E-state index is 12.2. The van der Waals surface area contributed by atoms with Gasteiger partial charge in [0.2, 0.25) is 23.6 Å². The minimum Gasteiger partial charge on any atom is -0.320 e. The van der Waals surface area contributed by atoms with Crippen LogP contribution in [0.5, 0.6) is 0 Å². The first-order valence-electron chi connectivity index (χ1n) is 18.8. The summed E-state index contributed by atoms with van der Waals surface area (Å²) in [5.74, 6) is -1.57. The molecule has 4 amide bonds. The van der Waals surface area contributed by atoms with E-state index in [9.17, 15) is 19.2 Å². The Morgan fingerprint density at radius 1 is 0.409 bits per heavy atom. The topological polar surface area (TPSA) is 118 Å². The molecule has 0 bridgehead atoms. The summed E-state index contributed by atoms with van der Waals surface area (Å²) in [4.78, 5) is 48.5. The van der Waals surface area contributed by atoms with E-state index in [1.54, 1.807) is 0 Å². The third-order valence-corrected chi connectivity index (χ3v) is 8.58. The van der Waals surface area contributed by atoms with Crippen molar-refractivity contribution in [2.75, 3.05) is 0 Å². The number of nitrogens with two attached hydrogens (primary N) is 1. The molecule has 7 heteroatoms. The summed E-state index contributed by atoms with van der Waals surface area (Å²) < 4.78 is 0. The van der Waals surface area contributed by atoms with Crippen LogP contribution < -0.4 is 16.4 Å². The predicted molar refractivity (Wildman–Crippen MR) is 184 cm³/mol. The van der Waals surface area contributed by atoms with Crippen LogP contribution in [0.25, 0.3) is 0 Å². The number of carbonyl (C=O) groups is 4. The Labute approximate surface area is 271 Å². The van der Waals surface area contributed by atoms with Crippen molar-refractivity contribution in [1.29, 1.82) is 0 Å². The standard InChI is InChI=1S/C37H71N3O4/c1-3-5-7-9-11-13-15-17-19-21-23-25-27-29-34(41)39-36(43)32-31-33(38)37(44)40-35(42)30-28-26-24-22-20-18-16-14-12-10-8-6-4-2/h33H,3-32,38H2,1-2H3,(H,39,41,43)(H,40,42,44). The van der Waals surface area contributed by atoms with Gasteiger partial charge in [0.25, 0.3) is 0 Å². The summed E-state index contributed by atoms with van der Waals surface area (Å²) in [7, 11) is 0. The lowest BCUT2D eigenvalue weighted by Crippen LogP contribution is -2.44. The zero-order valence-electron chi connectivity index (χ0n) is 29.0. The van der Waals surface area contributed by atoms with E-state index in [0.717, 1.165) is 38.5 Å². The molecule has 0 saturated carbocycles. The first kappa shape index (κ1) is 42.2. The smallest absolute Gasteiger partial charge is 0.243 e. The number of imide groups is 2. The van der Waals surface area contributed by atoms with E-state index in [0.29, 0.717) is 12.8 Å². The molecule has 0 spiro atoms. The van der Waals surface area contributed by atoms with Gasteiger partial charge < -0.3 is 5.73 Å². The monoisotopic (exact) mass is 622 g/mol. The van der Waals surface area contributed by atoms with E-state index in [1.165, 1.54) is 128 Å². The molecule has 0 aromatic rings. The van der Waals surface area contributed by atoms with Crippen LogP contribution in [0.15, 0.2) is 0 Å². The second-order valence-corrected chi connectivity index (χ2v) is 13.0. The molecule has 1 unspecified atom stereocenters. The fraction of sp³-hybridized carbons (Fsp3) is 0.892. The zero-order chi connectivity index (χ0) is 32.5. The van der Waals surface area contributed by atoms with Gasteiger partial charge in [-0.25, -0.2) is 0 Å². The lowest BCUT2D eigenvalue weighted by molar-refractivity contribution is -0.131. The zero-order valence-corrected chi connectivity index (χ0v) is 29.0. The summed E-state index contributed by atoms with van der Waals surface area (Å²) in [5, 5.41) is 4.75. The molecule has 0 saturated heterocycles. The van der Waals surface area contributed by atoms with Crippen LogP contribution in [0.3, 0.4) is 0 Å². The molecule has 258 valence electrons. The molecular weight excluding hydrogens is 550 g/mol. The largest absolute Gasteiger partial charge is 0.320 e. The van der Waals surface area contributed by atoms with Crippen molar-refractivity contribution >= 4 is 23.6 Å². The Hall–Kier alpha value is -1.76. The first-order valence-corrected chi connectivity index (χ1v) is 18.8. The average molecular weight is 622 g/mol. The quantitative estimate of drug-likeness (QED) is 0.0647. The van der Waals surface area contributed by atoms with Crippen molar-refractivity contribution in [2.45, 2.75) is 213 Å². The molecule has 44 heavy (non-hydrogen) atoms. The maximum Gasteiger partial charge on any atom is 0.243 e. The third kappa shape index (κ3) is 30.3. The minimum absolute atomic E-state index is 0.0218. The molecular formula is C37H71N3O4. The van der Waals surface area contributed by atoms with Crippen LogP contribution in [0.1, 0.15) is 206 Å². The van der Waals surface area contributed by atoms with Crippen LogP contribution >= 0.6 is 0 Å². The third-order valence-electron chi connectivity index (χ3n) is 8.58. The highest BCUT2D eigenvalue weighted by Crippen LogP contribution is 2.14. The molecule has 1 atom stereocenters. The van der Waals surface area contributed by atoms with E-state index in [4.69, 9.17) is 5.73 Å². The van der Waals surface area contributed by atoms with Gasteiger partial charge in [0.15, 0.2) is 0 Å². The summed E-state index contributed by atoms with van der Waals surface area (Å²) in [6.45, 7) is 4.50. The molecule has 0 aromatic heterocycles. The fourth-order valence-corrected chi connectivity index (χ4v) is 5.60. The van der Waals surface area contributed by atoms with Crippen LogP contribution in [0.2, 0.25) is 0 Å². The van der Waals surface area contributed by atoms with Crippen molar-refractivity contribution in [3.63, 3.8) is 0 Å². The van der Waals surface area contributed by atoms with Gasteiger partial charge in [0.05, 0.1) is 6.04 Å². The van der Waals surface area contributed by atoms with E-state index in [2.05, 4.69) is 24.5 Å². The molecule has 0 fully saturated rings. The Balaban J connectivity index is 3.64. The predicted octanol–water partition coefficient (Wildman–Crippen LogP) is 9.34. The van der Waals surface area contributed by atoms with Gasteiger partial charge in [0.1, 0.15) is 0 Å². The minimum atomic E-state index is -0.951. The maximum absolute atomic E-state index is 12.2. The van der Waals surface area contributed by atoms with Crippen molar-refractivity contribution in [2.24, 2.45) is 5.73 Å². The number of hydrogen-bond donors (Lipinski definition) is 3. The van der Waals surface area contributed by atoms with Gasteiger partial charge in [-0.3, -0.25) is 29.8 Å². The van der Waals surface area contributed by atoms with Gasteiger partial charge in [-0.1, -0.05) is 168 Å². The van der Waals surface area contributed by atoms with E-state index >= 15 is 0 Å². The number of nitrogens with one attached hydrogen (secondary N) is 2. The molecule has 0 radical (unpaired) electrons.